The summed E-state index contributed by atoms with van der Waals surface area (Å²) in [6.45, 7) is 6.98. The topological polar surface area (TPSA) is 59.1 Å². The molecule has 0 aliphatic carbocycles. The van der Waals surface area contributed by atoms with Gasteiger partial charge in [0, 0.05) is 58.4 Å². The Hall–Kier alpha value is -6.66. The molecule has 0 radical (unpaired) electrons. The van der Waals surface area contributed by atoms with E-state index in [4.69, 9.17) is 9.47 Å². The van der Waals surface area contributed by atoms with Gasteiger partial charge >= 0.3 is 11.9 Å². The summed E-state index contributed by atoms with van der Waals surface area (Å²) in [7, 11) is 0. The average molecular weight is 629 g/mol. The van der Waals surface area contributed by atoms with Crippen molar-refractivity contribution in [2.45, 2.75) is 0 Å². The van der Waals surface area contributed by atoms with Crippen molar-refractivity contribution in [3.63, 3.8) is 0 Å². The highest BCUT2D eigenvalue weighted by molar-refractivity contribution is 5.86. The van der Waals surface area contributed by atoms with E-state index in [0.29, 0.717) is 11.5 Å². The van der Waals surface area contributed by atoms with Crippen LogP contribution in [-0.4, -0.2) is 11.9 Å². The molecule has 0 aliphatic rings. The smallest absolute Gasteiger partial charge is 0.335 e. The zero-order chi connectivity index (χ0) is 33.3. The van der Waals surface area contributed by atoms with Gasteiger partial charge in [-0.1, -0.05) is 86.0 Å². The minimum Gasteiger partial charge on any atom is -0.423 e. The van der Waals surface area contributed by atoms with E-state index in [1.807, 2.05) is 65.6 Å². The SMILES string of the molecule is C=CC(=O)Oc1cccc(N(c2ccc(-c3ccc(N(c4ccccc4)c4ccccc4)cc3)cc2)c2cccc(OC(=O)C=C)c2)c1. The number of hydrogen-bond donors (Lipinski definition) is 0. The van der Waals surface area contributed by atoms with E-state index < -0.39 is 11.9 Å². The lowest BCUT2D eigenvalue weighted by atomic mass is 10.0. The summed E-state index contributed by atoms with van der Waals surface area (Å²) >= 11 is 0. The van der Waals surface area contributed by atoms with Gasteiger partial charge in [0.05, 0.1) is 0 Å². The highest BCUT2D eigenvalue weighted by Gasteiger charge is 2.16. The van der Waals surface area contributed by atoms with Gasteiger partial charge in [0.1, 0.15) is 11.5 Å². The van der Waals surface area contributed by atoms with Crippen LogP contribution in [0.15, 0.2) is 183 Å². The molecule has 0 fully saturated rings. The van der Waals surface area contributed by atoms with Crippen LogP contribution in [0.5, 0.6) is 11.5 Å². The van der Waals surface area contributed by atoms with Crippen LogP contribution in [0.2, 0.25) is 0 Å². The molecule has 0 saturated carbocycles. The number of nitrogens with zero attached hydrogens (tertiary/aromatic N) is 2. The van der Waals surface area contributed by atoms with Crippen LogP contribution in [0.4, 0.5) is 34.1 Å². The lowest BCUT2D eigenvalue weighted by Gasteiger charge is -2.26. The third kappa shape index (κ3) is 7.25. The second-order valence-electron chi connectivity index (χ2n) is 10.7. The number of hydrogen-bond acceptors (Lipinski definition) is 6. The van der Waals surface area contributed by atoms with Crippen molar-refractivity contribution in [1.82, 2.24) is 0 Å². The molecule has 6 aromatic carbocycles. The second kappa shape index (κ2) is 14.6. The second-order valence-corrected chi connectivity index (χ2v) is 10.7. The van der Waals surface area contributed by atoms with Gasteiger partial charge < -0.3 is 19.3 Å². The molecule has 0 spiro atoms. The van der Waals surface area contributed by atoms with Gasteiger partial charge in [0.2, 0.25) is 0 Å². The van der Waals surface area contributed by atoms with E-state index in [2.05, 4.69) is 78.7 Å². The first-order chi connectivity index (χ1) is 23.5. The van der Waals surface area contributed by atoms with Crippen LogP contribution in [-0.2, 0) is 9.59 Å². The van der Waals surface area contributed by atoms with E-state index in [0.717, 1.165) is 57.4 Å². The van der Waals surface area contributed by atoms with E-state index >= 15 is 0 Å². The van der Waals surface area contributed by atoms with E-state index in [9.17, 15) is 9.59 Å². The van der Waals surface area contributed by atoms with Gasteiger partial charge in [0.15, 0.2) is 0 Å². The maximum absolute atomic E-state index is 11.9. The summed E-state index contributed by atoms with van der Waals surface area (Å²) in [5, 5.41) is 0. The summed E-state index contributed by atoms with van der Waals surface area (Å²) in [5.41, 5.74) is 7.61. The summed E-state index contributed by atoms with van der Waals surface area (Å²) in [6.07, 6.45) is 2.24. The fourth-order valence-corrected chi connectivity index (χ4v) is 5.34. The van der Waals surface area contributed by atoms with Crippen LogP contribution >= 0.6 is 0 Å². The molecule has 6 nitrogen and oxygen atoms in total. The molecule has 48 heavy (non-hydrogen) atoms. The Morgan fingerprint density at radius 3 is 1.12 bits per heavy atom. The van der Waals surface area contributed by atoms with E-state index in [1.165, 1.54) is 0 Å². The number of rotatable bonds is 11. The highest BCUT2D eigenvalue weighted by atomic mass is 16.5. The summed E-state index contributed by atoms with van der Waals surface area (Å²) < 4.78 is 10.8. The normalized spacial score (nSPS) is 10.4. The van der Waals surface area contributed by atoms with Crippen molar-refractivity contribution in [3.8, 4) is 22.6 Å². The molecule has 0 atom stereocenters. The number of esters is 2. The molecule has 6 rings (SSSR count). The maximum Gasteiger partial charge on any atom is 0.335 e. The molecular weight excluding hydrogens is 596 g/mol. The van der Waals surface area contributed by atoms with E-state index in [-0.39, 0.29) is 0 Å². The molecule has 0 saturated heterocycles. The number of carbonyl (C=O) groups excluding carboxylic acids is 2. The van der Waals surface area contributed by atoms with Crippen molar-refractivity contribution in [2.75, 3.05) is 9.80 Å². The molecule has 0 aromatic heterocycles. The van der Waals surface area contributed by atoms with Crippen molar-refractivity contribution in [3.05, 3.63) is 183 Å². The fourth-order valence-electron chi connectivity index (χ4n) is 5.34. The number of ether oxygens (including phenoxy) is 2. The number of anilines is 6. The van der Waals surface area contributed by atoms with Crippen LogP contribution in [0, 0.1) is 0 Å². The van der Waals surface area contributed by atoms with Crippen molar-refractivity contribution in [2.24, 2.45) is 0 Å². The zero-order valence-corrected chi connectivity index (χ0v) is 26.1. The molecular formula is C42H32N2O4. The quantitative estimate of drug-likeness (QED) is 0.0808. The van der Waals surface area contributed by atoms with Crippen LogP contribution in [0.1, 0.15) is 0 Å². The number of para-hydroxylation sites is 2. The van der Waals surface area contributed by atoms with Crippen molar-refractivity contribution >= 4 is 46.1 Å². The van der Waals surface area contributed by atoms with Crippen LogP contribution < -0.4 is 19.3 Å². The number of benzene rings is 6. The Morgan fingerprint density at radius 2 is 0.750 bits per heavy atom. The molecule has 0 N–H and O–H groups in total. The Balaban J connectivity index is 1.34. The molecule has 0 heterocycles. The van der Waals surface area contributed by atoms with Crippen LogP contribution in [0.25, 0.3) is 11.1 Å². The van der Waals surface area contributed by atoms with Crippen molar-refractivity contribution < 1.29 is 19.1 Å². The van der Waals surface area contributed by atoms with Gasteiger partial charge in [-0.05, 0) is 83.9 Å². The van der Waals surface area contributed by atoms with Crippen molar-refractivity contribution in [1.29, 1.82) is 0 Å². The Labute approximate surface area is 280 Å². The first-order valence-corrected chi connectivity index (χ1v) is 15.3. The highest BCUT2D eigenvalue weighted by Crippen LogP contribution is 2.39. The standard InChI is InChI=1S/C42H32N2O4/c1-3-41(45)47-39-19-11-17-37(29-39)44(38-18-12-20-40(30-38)48-42(46)4-2)36-27-23-32(24-28-36)31-21-25-35(26-22-31)43(33-13-7-5-8-14-33)34-15-9-6-10-16-34/h3-30H,1-2H2. The average Bonchev–Trinajstić information content (AvgIpc) is 3.14. The van der Waals surface area contributed by atoms with E-state index in [1.54, 1.807) is 36.4 Å². The van der Waals surface area contributed by atoms with Gasteiger partial charge in [-0.3, -0.25) is 0 Å². The summed E-state index contributed by atoms with van der Waals surface area (Å²) in [5.74, 6) is -0.368. The largest absolute Gasteiger partial charge is 0.423 e. The first kappa shape index (κ1) is 31.3. The molecule has 0 unspecified atom stereocenters. The van der Waals surface area contributed by atoms with Gasteiger partial charge in [0.25, 0.3) is 0 Å². The molecule has 234 valence electrons. The monoisotopic (exact) mass is 628 g/mol. The minimum atomic E-state index is -0.553. The molecule has 6 heteroatoms. The van der Waals surface area contributed by atoms with Gasteiger partial charge in [-0.15, -0.1) is 0 Å². The number of carbonyl (C=O) groups is 2. The predicted molar refractivity (Wildman–Crippen MR) is 193 cm³/mol. The predicted octanol–water partition coefficient (Wildman–Crippen LogP) is 10.5. The van der Waals surface area contributed by atoms with Crippen LogP contribution in [0.3, 0.4) is 0 Å². The van der Waals surface area contributed by atoms with Gasteiger partial charge in [-0.25, -0.2) is 9.59 Å². The Bertz CT molecular complexity index is 1940. The molecule has 0 aliphatic heterocycles. The third-order valence-corrected chi connectivity index (χ3v) is 7.53. The first-order valence-electron chi connectivity index (χ1n) is 15.3. The third-order valence-electron chi connectivity index (χ3n) is 7.53. The Morgan fingerprint density at radius 1 is 0.417 bits per heavy atom. The minimum absolute atomic E-state index is 0.369. The Kier molecular flexibility index (Phi) is 9.54. The summed E-state index contributed by atoms with van der Waals surface area (Å²) in [6, 6.07) is 51.6. The molecule has 6 aromatic rings. The molecule has 0 bridgehead atoms. The fraction of sp³-hybridized carbons (Fsp3) is 0. The zero-order valence-electron chi connectivity index (χ0n) is 26.1. The van der Waals surface area contributed by atoms with Gasteiger partial charge in [-0.2, -0.15) is 0 Å². The lowest BCUT2D eigenvalue weighted by molar-refractivity contribution is -0.129. The maximum atomic E-state index is 11.9. The summed E-state index contributed by atoms with van der Waals surface area (Å²) in [4.78, 5) is 28.1. The lowest BCUT2D eigenvalue weighted by Crippen LogP contribution is -2.11. The molecule has 0 amide bonds.